The Hall–Kier alpha value is -2.43. The Morgan fingerprint density at radius 3 is 2.50 bits per heavy atom. The van der Waals surface area contributed by atoms with Gasteiger partial charge in [-0.3, -0.25) is 9.59 Å². The van der Waals surface area contributed by atoms with Gasteiger partial charge in [0, 0.05) is 10.3 Å². The molecule has 2 aliphatic heterocycles. The van der Waals surface area contributed by atoms with Crippen LogP contribution >= 0.6 is 11.8 Å². The van der Waals surface area contributed by atoms with E-state index in [2.05, 4.69) is 5.32 Å². The van der Waals surface area contributed by atoms with Gasteiger partial charge >= 0.3 is 12.4 Å². The molecule has 2 heterocycles. The first-order valence-electron chi connectivity index (χ1n) is 8.70. The molecule has 2 saturated heterocycles. The molecule has 0 aromatic heterocycles. The Labute approximate surface area is 166 Å². The highest BCUT2D eigenvalue weighted by Crippen LogP contribution is 2.50. The summed E-state index contributed by atoms with van der Waals surface area (Å²) in [6, 6.07) is 5.72. The summed E-state index contributed by atoms with van der Waals surface area (Å²) in [5.41, 5.74) is 0.531. The van der Waals surface area contributed by atoms with Crippen LogP contribution in [0.4, 0.5) is 0 Å². The Morgan fingerprint density at radius 1 is 1.36 bits per heavy atom. The third-order valence-electron chi connectivity index (χ3n) is 5.12. The number of rotatable bonds is 6. The minimum Gasteiger partial charge on any atom is -0.480 e. The van der Waals surface area contributed by atoms with Crippen LogP contribution < -0.4 is 11.2 Å². The van der Waals surface area contributed by atoms with Gasteiger partial charge in [-0.05, 0) is 13.8 Å². The number of fused-ring (bicyclic) bond motifs is 1. The van der Waals surface area contributed by atoms with Gasteiger partial charge in [-0.1, -0.05) is 30.3 Å². The number of aliphatic carboxylic acids is 1. The molecule has 0 aliphatic carbocycles. The van der Waals surface area contributed by atoms with Crippen LogP contribution in [0, 0.1) is 0 Å². The maximum Gasteiger partial charge on any atom is 0.327 e. The third-order valence-corrected chi connectivity index (χ3v) is 6.69. The molecule has 28 heavy (non-hydrogen) atoms. The lowest BCUT2D eigenvalue weighted by Gasteiger charge is -2.44. The highest BCUT2D eigenvalue weighted by Gasteiger charge is 2.64. The van der Waals surface area contributed by atoms with E-state index in [1.165, 1.54) is 23.7 Å². The number of quaternary nitrogens is 1. The number of nitrogens with two attached hydrogens (primary N) is 1. The molecule has 1 unspecified atom stereocenters. The number of carbonyl (C=O) groups is 4. The quantitative estimate of drug-likeness (QED) is 0.149. The molecule has 10 heteroatoms. The third kappa shape index (κ3) is 3.17. The van der Waals surface area contributed by atoms with Crippen LogP contribution in [0.2, 0.25) is 0 Å². The molecule has 3 rings (SSSR count). The molecular formula is C18H23N4O5S+. The largest absolute Gasteiger partial charge is 0.480 e. The predicted octanol–water partition coefficient (Wildman–Crippen LogP) is -0.164. The van der Waals surface area contributed by atoms with Crippen molar-refractivity contribution < 1.29 is 28.9 Å². The zero-order valence-corrected chi connectivity index (χ0v) is 16.6. The Morgan fingerprint density at radius 2 is 1.96 bits per heavy atom. The van der Waals surface area contributed by atoms with Gasteiger partial charge in [-0.25, -0.2) is 9.59 Å². The molecule has 2 fully saturated rings. The topological polar surface area (TPSA) is 130 Å². The smallest absolute Gasteiger partial charge is 0.327 e. The summed E-state index contributed by atoms with van der Waals surface area (Å²) >= 11 is 1.33. The van der Waals surface area contributed by atoms with E-state index in [0.717, 1.165) is 0 Å². The average molecular weight is 407 g/mol. The maximum absolute atomic E-state index is 13.0. The van der Waals surface area contributed by atoms with E-state index in [1.54, 1.807) is 44.2 Å². The van der Waals surface area contributed by atoms with Crippen LogP contribution in [0.15, 0.2) is 30.3 Å². The van der Waals surface area contributed by atoms with Gasteiger partial charge in [0.1, 0.15) is 17.5 Å². The Balaban J connectivity index is 1.83. The minimum absolute atomic E-state index is 0.451. The summed E-state index contributed by atoms with van der Waals surface area (Å²) in [4.78, 5) is 50.0. The number of amides is 3. The number of hydrogen-bond donors (Lipinski definition) is 3. The van der Waals surface area contributed by atoms with Gasteiger partial charge in [0.05, 0.1) is 7.05 Å². The Bertz CT molecular complexity index is 829. The van der Waals surface area contributed by atoms with Crippen LogP contribution in [0.1, 0.15) is 25.5 Å². The summed E-state index contributed by atoms with van der Waals surface area (Å²) in [5.74, 6) is 3.91. The highest BCUT2D eigenvalue weighted by molar-refractivity contribution is 8.01. The van der Waals surface area contributed by atoms with Crippen molar-refractivity contribution in [1.29, 1.82) is 0 Å². The minimum atomic E-state index is -1.08. The molecule has 0 saturated carbocycles. The lowest BCUT2D eigenvalue weighted by Crippen LogP contribution is -2.71. The number of nitrogens with zero attached hydrogens (tertiary/aromatic N) is 2. The van der Waals surface area contributed by atoms with E-state index in [0.29, 0.717) is 12.0 Å². The number of nitrogens with one attached hydrogen (secondary N) is 1. The fourth-order valence-electron chi connectivity index (χ4n) is 3.80. The number of hydrogen-bond acceptors (Lipinski definition) is 6. The number of carbonyl (C=O) groups excluding carboxylic acids is 3. The van der Waals surface area contributed by atoms with Gasteiger partial charge in [-0.2, -0.15) is 10.4 Å². The van der Waals surface area contributed by atoms with Gasteiger partial charge in [0.25, 0.3) is 5.91 Å². The molecule has 0 radical (unpaired) electrons. The summed E-state index contributed by atoms with van der Waals surface area (Å²) in [7, 11) is 1.40. The van der Waals surface area contributed by atoms with Crippen molar-refractivity contribution in [2.75, 3.05) is 7.05 Å². The van der Waals surface area contributed by atoms with Gasteiger partial charge in [0.2, 0.25) is 11.9 Å². The molecule has 0 spiro atoms. The first kappa shape index (κ1) is 20.3. The normalized spacial score (nSPS) is 28.5. The van der Waals surface area contributed by atoms with Crippen molar-refractivity contribution >= 4 is 36.0 Å². The summed E-state index contributed by atoms with van der Waals surface area (Å²) in [6.07, 6.45) is 0.458. The molecule has 150 valence electrons. The fourth-order valence-corrected chi connectivity index (χ4v) is 5.42. The SMILES string of the molecule is CC1(C)S[C@@H]2[C@@H](NC(=O)C(c3ccccc3)[N@@+](C)(N)C=O)C(=O)N2[C@H]1C(=O)O. The molecule has 4 N–H and O–H groups in total. The molecular weight excluding hydrogens is 384 g/mol. The zero-order valence-electron chi connectivity index (χ0n) is 15.7. The number of β-lactam (4-membered cyclic amide) rings is 1. The first-order chi connectivity index (χ1) is 13.0. The molecule has 5 atom stereocenters. The summed E-state index contributed by atoms with van der Waals surface area (Å²) < 4.78 is -1.42. The number of carboxylic acids is 1. The predicted molar refractivity (Wildman–Crippen MR) is 101 cm³/mol. The van der Waals surface area contributed by atoms with E-state index < -0.39 is 50.6 Å². The summed E-state index contributed by atoms with van der Waals surface area (Å²) in [5, 5.41) is 11.7. The van der Waals surface area contributed by atoms with E-state index in [4.69, 9.17) is 5.84 Å². The standard InChI is InChI=1S/C18H22N4O5S/c1-18(2)13(17(26)27)21-15(25)11(16(21)28-18)20-14(24)12(22(3,19)9-23)10-7-5-4-6-8-10/h4-9,11-13,16H,19H2,1-3H3,(H-,20,24,26,27)/p+1/t11-,12?,13-,16+,22-/m0/s1. The fraction of sp³-hybridized carbons (Fsp3) is 0.444. The lowest BCUT2D eigenvalue weighted by molar-refractivity contribution is -0.859. The van der Waals surface area contributed by atoms with Gasteiger partial charge in [-0.15, -0.1) is 11.8 Å². The average Bonchev–Trinajstić information content (AvgIpc) is 2.88. The van der Waals surface area contributed by atoms with Crippen molar-refractivity contribution in [2.45, 2.75) is 42.1 Å². The lowest BCUT2D eigenvalue weighted by atomic mass is 9.95. The number of thioether (sulfide) groups is 1. The van der Waals surface area contributed by atoms with Crippen molar-refractivity contribution in [2.24, 2.45) is 5.84 Å². The van der Waals surface area contributed by atoms with E-state index in [-0.39, 0.29) is 0 Å². The van der Waals surface area contributed by atoms with E-state index in [1.807, 2.05) is 0 Å². The Kier molecular flexibility index (Phi) is 4.98. The van der Waals surface area contributed by atoms with Crippen LogP contribution in [-0.2, 0) is 19.2 Å². The van der Waals surface area contributed by atoms with Crippen molar-refractivity contribution in [3.63, 3.8) is 0 Å². The highest BCUT2D eigenvalue weighted by atomic mass is 32.2. The van der Waals surface area contributed by atoms with Crippen LogP contribution in [0.25, 0.3) is 0 Å². The first-order valence-corrected chi connectivity index (χ1v) is 9.58. The van der Waals surface area contributed by atoms with Crippen LogP contribution in [0.5, 0.6) is 0 Å². The molecule has 3 amide bonds. The van der Waals surface area contributed by atoms with Crippen LogP contribution in [0.3, 0.4) is 0 Å². The van der Waals surface area contributed by atoms with E-state index >= 15 is 0 Å². The molecule has 9 nitrogen and oxygen atoms in total. The van der Waals surface area contributed by atoms with Crippen molar-refractivity contribution in [3.05, 3.63) is 35.9 Å². The number of likely N-dealkylation sites (N-methyl/N-ethyl adjacent to an activating group) is 1. The molecule has 2 aliphatic rings. The van der Waals surface area contributed by atoms with E-state index in [9.17, 15) is 24.3 Å². The molecule has 1 aromatic rings. The second-order valence-corrected chi connectivity index (χ2v) is 9.50. The van der Waals surface area contributed by atoms with Gasteiger partial charge < -0.3 is 15.3 Å². The second kappa shape index (κ2) is 6.87. The zero-order chi connectivity index (χ0) is 20.9. The number of benzene rings is 1. The van der Waals surface area contributed by atoms with Gasteiger partial charge in [0.15, 0.2) is 0 Å². The number of carboxylic acid groups (broad SMARTS) is 1. The second-order valence-electron chi connectivity index (χ2n) is 7.72. The molecule has 0 bridgehead atoms. The van der Waals surface area contributed by atoms with Crippen LogP contribution in [-0.4, -0.2) is 68.0 Å². The summed E-state index contributed by atoms with van der Waals surface area (Å²) in [6.45, 7) is 3.52. The monoisotopic (exact) mass is 407 g/mol. The maximum atomic E-state index is 13.0. The van der Waals surface area contributed by atoms with Crippen molar-refractivity contribution in [1.82, 2.24) is 10.2 Å². The van der Waals surface area contributed by atoms with Crippen molar-refractivity contribution in [3.8, 4) is 0 Å². The molecule has 1 aromatic carbocycles.